The van der Waals surface area contributed by atoms with E-state index in [1.807, 2.05) is 60.9 Å². The average Bonchev–Trinajstić information content (AvgIpc) is 3.73. The number of amides is 3. The third kappa shape index (κ3) is 6.89. The summed E-state index contributed by atoms with van der Waals surface area (Å²) in [7, 11) is 0. The summed E-state index contributed by atoms with van der Waals surface area (Å²) < 4.78 is 18.2. The summed E-state index contributed by atoms with van der Waals surface area (Å²) in [5, 5.41) is 4.61. The molecular weight excluding hydrogens is 723 g/mol. The van der Waals surface area contributed by atoms with Crippen LogP contribution in [0, 0.1) is 11.8 Å². The quantitative estimate of drug-likeness (QED) is 0.149. The maximum Gasteiger partial charge on any atom is 0.255 e. The number of nitrogens with one attached hydrogen (secondary N) is 2. The molecule has 284 valence electrons. The molecule has 6 aromatic rings. The monoisotopic (exact) mass is 759 g/mol. The number of hydrogen-bond acceptors (Lipinski definition) is 10. The van der Waals surface area contributed by atoms with Crippen molar-refractivity contribution in [3.8, 4) is 34.6 Å². The Balaban J connectivity index is 0.643. The smallest absolute Gasteiger partial charge is 0.255 e. The van der Waals surface area contributed by atoms with Crippen molar-refractivity contribution in [1.82, 2.24) is 30.2 Å². The number of hydrogen-bond donors (Lipinski definition) is 2. The standard InChI is InChI=1S/C44H37N7O6/c52-41-11-10-40(43(53)49-41)51-23-28-16-30(6-9-35(28)44(51)54)50-24-34(25-50)55-15-1-2-29-5-7-31(21-46-29)56-32-18-33(19-32)57-42-12-4-27(20-47-42)26-3-8-36-37-22-45-14-13-38(37)48-39(36)17-26/h3-9,12-14,16-17,20-22,32-34,40,48H,10-11,15,18-19,23-25H2,(H,49,52,53)/t32-,33-,40?. The molecule has 1 saturated carbocycles. The fourth-order valence-corrected chi connectivity index (χ4v) is 7.94. The van der Waals surface area contributed by atoms with Gasteiger partial charge < -0.3 is 29.0 Å². The van der Waals surface area contributed by atoms with Gasteiger partial charge in [-0.1, -0.05) is 18.1 Å². The Morgan fingerprint density at radius 3 is 2.51 bits per heavy atom. The molecule has 2 saturated heterocycles. The fourth-order valence-electron chi connectivity index (χ4n) is 7.94. The number of piperidine rings is 1. The summed E-state index contributed by atoms with van der Waals surface area (Å²) in [6.45, 7) is 2.08. The number of rotatable bonds is 9. The number of carbonyl (C=O) groups excluding carboxylic acids is 3. The number of nitrogens with zero attached hydrogens (tertiary/aromatic N) is 5. The number of fused-ring (bicyclic) bond motifs is 4. The molecule has 0 radical (unpaired) electrons. The van der Waals surface area contributed by atoms with Gasteiger partial charge in [0.25, 0.3) is 5.91 Å². The Labute approximate surface area is 327 Å². The predicted octanol–water partition coefficient (Wildman–Crippen LogP) is 5.18. The molecule has 4 aliphatic rings. The fraction of sp³-hybridized carbons (Fsp3) is 0.273. The normalized spacial score (nSPS) is 20.4. The third-order valence-corrected chi connectivity index (χ3v) is 11.2. The number of anilines is 1. The lowest BCUT2D eigenvalue weighted by Gasteiger charge is -2.40. The molecule has 3 fully saturated rings. The second kappa shape index (κ2) is 14.4. The molecule has 0 spiro atoms. The largest absolute Gasteiger partial charge is 0.489 e. The molecule has 0 bridgehead atoms. The lowest BCUT2D eigenvalue weighted by Crippen LogP contribution is -2.52. The molecule has 2 N–H and O–H groups in total. The van der Waals surface area contributed by atoms with E-state index in [0.29, 0.717) is 48.9 Å². The number of H-pyrrole nitrogens is 1. The van der Waals surface area contributed by atoms with E-state index in [4.69, 9.17) is 14.2 Å². The minimum Gasteiger partial charge on any atom is -0.489 e. The minimum atomic E-state index is -0.620. The van der Waals surface area contributed by atoms with E-state index in [-0.39, 0.29) is 43.2 Å². The number of aromatic amines is 1. The van der Waals surface area contributed by atoms with E-state index >= 15 is 0 Å². The highest BCUT2D eigenvalue weighted by atomic mass is 16.5. The maximum absolute atomic E-state index is 13.0. The highest BCUT2D eigenvalue weighted by molar-refractivity contribution is 6.08. The van der Waals surface area contributed by atoms with E-state index < -0.39 is 11.9 Å². The summed E-state index contributed by atoms with van der Waals surface area (Å²) >= 11 is 0. The van der Waals surface area contributed by atoms with Crippen molar-refractivity contribution >= 4 is 45.2 Å². The van der Waals surface area contributed by atoms with Crippen LogP contribution in [0.25, 0.3) is 32.9 Å². The van der Waals surface area contributed by atoms with Crippen LogP contribution in [0.3, 0.4) is 0 Å². The first-order valence-corrected chi connectivity index (χ1v) is 19.1. The Kier molecular flexibility index (Phi) is 8.75. The van der Waals surface area contributed by atoms with Gasteiger partial charge in [0.15, 0.2) is 0 Å². The maximum atomic E-state index is 13.0. The van der Waals surface area contributed by atoms with Crippen LogP contribution in [-0.4, -0.2) is 86.6 Å². The molecule has 13 nitrogen and oxygen atoms in total. The van der Waals surface area contributed by atoms with E-state index in [1.54, 1.807) is 17.3 Å². The molecule has 3 amide bonds. The van der Waals surface area contributed by atoms with Crippen LogP contribution in [-0.2, 0) is 20.9 Å². The van der Waals surface area contributed by atoms with Crippen LogP contribution in [0.5, 0.6) is 11.6 Å². The Bertz CT molecular complexity index is 2600. The van der Waals surface area contributed by atoms with Gasteiger partial charge >= 0.3 is 0 Å². The van der Waals surface area contributed by atoms with Crippen LogP contribution in [0.1, 0.15) is 47.3 Å². The summed E-state index contributed by atoms with van der Waals surface area (Å²) in [4.78, 5) is 57.4. The second-order valence-corrected chi connectivity index (χ2v) is 14.9. The van der Waals surface area contributed by atoms with E-state index in [2.05, 4.69) is 60.2 Å². The molecule has 1 unspecified atom stereocenters. The van der Waals surface area contributed by atoms with Gasteiger partial charge in [-0.3, -0.25) is 24.7 Å². The number of imide groups is 1. The summed E-state index contributed by atoms with van der Waals surface area (Å²) in [5.74, 6) is 6.54. The van der Waals surface area contributed by atoms with Gasteiger partial charge in [0.05, 0.1) is 12.3 Å². The highest BCUT2D eigenvalue weighted by Gasteiger charge is 2.40. The first-order valence-electron chi connectivity index (χ1n) is 19.1. The minimum absolute atomic E-state index is 0.0439. The number of ether oxygens (including phenoxy) is 3. The van der Waals surface area contributed by atoms with Gasteiger partial charge in [-0.15, -0.1) is 0 Å². The van der Waals surface area contributed by atoms with Gasteiger partial charge in [-0.2, -0.15) is 0 Å². The molecule has 2 aromatic carbocycles. The molecule has 1 aliphatic carbocycles. The number of aromatic nitrogens is 4. The zero-order valence-corrected chi connectivity index (χ0v) is 30.8. The Morgan fingerprint density at radius 1 is 0.807 bits per heavy atom. The van der Waals surface area contributed by atoms with Crippen LogP contribution in [0.4, 0.5) is 5.69 Å². The second-order valence-electron chi connectivity index (χ2n) is 14.9. The number of pyridine rings is 3. The van der Waals surface area contributed by atoms with Crippen LogP contribution in [0.2, 0.25) is 0 Å². The Morgan fingerprint density at radius 2 is 1.68 bits per heavy atom. The molecule has 13 heteroatoms. The molecule has 4 aromatic heterocycles. The first-order chi connectivity index (χ1) is 27.9. The van der Waals surface area contributed by atoms with Crippen molar-refractivity contribution in [2.75, 3.05) is 24.6 Å². The van der Waals surface area contributed by atoms with Gasteiger partial charge in [0.2, 0.25) is 17.7 Å². The van der Waals surface area contributed by atoms with Crippen molar-refractivity contribution in [2.24, 2.45) is 0 Å². The topological polar surface area (TPSA) is 152 Å². The number of carbonyl (C=O) groups is 3. The summed E-state index contributed by atoms with van der Waals surface area (Å²) in [5.41, 5.74) is 7.38. The lowest BCUT2D eigenvalue weighted by molar-refractivity contribution is -0.136. The van der Waals surface area contributed by atoms with Crippen LogP contribution >= 0.6 is 0 Å². The number of benzene rings is 2. The van der Waals surface area contributed by atoms with Crippen LogP contribution in [0.15, 0.2) is 91.5 Å². The molecule has 7 heterocycles. The summed E-state index contributed by atoms with van der Waals surface area (Å²) in [6.07, 6.45) is 9.48. The van der Waals surface area contributed by atoms with Gasteiger partial charge in [0, 0.05) is 102 Å². The SMILES string of the molecule is O=C1CCC(N2Cc3cc(N4CC(OCC#Cc5ccc(O[C@H]6C[C@H](Oc7ccc(-c8ccc9c(c8)[nH]c8ccncc89)cn7)C6)cn5)C4)ccc3C2=O)C(=O)N1. The summed E-state index contributed by atoms with van der Waals surface area (Å²) in [6, 6.07) is 21.2. The van der Waals surface area contributed by atoms with E-state index in [1.165, 1.54) is 0 Å². The molecular formula is C44H37N7O6. The average molecular weight is 760 g/mol. The first kappa shape index (κ1) is 34.7. The lowest BCUT2D eigenvalue weighted by atomic mass is 9.92. The zero-order chi connectivity index (χ0) is 38.5. The molecule has 1 atom stereocenters. The van der Waals surface area contributed by atoms with E-state index in [0.717, 1.165) is 57.0 Å². The zero-order valence-electron chi connectivity index (χ0n) is 30.8. The van der Waals surface area contributed by atoms with Crippen LogP contribution < -0.4 is 19.7 Å². The third-order valence-electron chi connectivity index (χ3n) is 11.2. The molecule has 10 rings (SSSR count). The van der Waals surface area contributed by atoms with Gasteiger partial charge in [-0.25, -0.2) is 9.97 Å². The van der Waals surface area contributed by atoms with Crippen molar-refractivity contribution < 1.29 is 28.6 Å². The van der Waals surface area contributed by atoms with Crippen molar-refractivity contribution in [3.05, 3.63) is 108 Å². The van der Waals surface area contributed by atoms with Gasteiger partial charge in [0.1, 0.15) is 36.3 Å². The van der Waals surface area contributed by atoms with Crippen molar-refractivity contribution in [1.29, 1.82) is 0 Å². The van der Waals surface area contributed by atoms with Crippen molar-refractivity contribution in [2.45, 2.75) is 56.6 Å². The van der Waals surface area contributed by atoms with Crippen molar-refractivity contribution in [3.63, 3.8) is 0 Å². The predicted molar refractivity (Wildman–Crippen MR) is 210 cm³/mol. The Hall–Kier alpha value is -6.78. The highest BCUT2D eigenvalue weighted by Crippen LogP contribution is 2.34. The molecule has 3 aliphatic heterocycles. The van der Waals surface area contributed by atoms with E-state index in [9.17, 15) is 14.4 Å². The van der Waals surface area contributed by atoms with Gasteiger partial charge in [-0.05, 0) is 72.0 Å². The molecule has 57 heavy (non-hydrogen) atoms.